The van der Waals surface area contributed by atoms with Crippen molar-refractivity contribution in [3.05, 3.63) is 174 Å². The summed E-state index contributed by atoms with van der Waals surface area (Å²) in [5.41, 5.74) is 15.7. The van der Waals surface area contributed by atoms with Gasteiger partial charge in [-0.15, -0.1) is 0 Å². The van der Waals surface area contributed by atoms with Crippen LogP contribution in [0.25, 0.3) is 10.9 Å². The van der Waals surface area contributed by atoms with Crippen molar-refractivity contribution in [2.75, 3.05) is 26.2 Å². The molecule has 2 aliphatic rings. The first-order valence-electron chi connectivity index (χ1n) is 26.0. The molecule has 6 aromatic rings. The number of hydrogen-bond donors (Lipinski definition) is 9. The molecule has 7 atom stereocenters. The maximum absolute atomic E-state index is 15.3. The van der Waals surface area contributed by atoms with Crippen molar-refractivity contribution in [2.45, 2.75) is 93.9 Å². The molecule has 77 heavy (non-hydrogen) atoms. The number of nitrogens with zero attached hydrogens (tertiary/aromatic N) is 1. The van der Waals surface area contributed by atoms with Crippen molar-refractivity contribution >= 4 is 52.4 Å². The number of nitrogens with two attached hydrogens (primary N) is 2. The summed E-state index contributed by atoms with van der Waals surface area (Å²) in [5.74, 6) is -3.76. The second kappa shape index (κ2) is 26.8. The molecular weight excluding hydrogens is 981 g/mol. The van der Waals surface area contributed by atoms with Crippen LogP contribution in [0.1, 0.15) is 59.5 Å². The minimum Gasteiger partial charge on any atom is -0.489 e. The van der Waals surface area contributed by atoms with Gasteiger partial charge in [-0.05, 0) is 71.8 Å². The number of ether oxygens (including phenoxy) is 2. The zero-order chi connectivity index (χ0) is 54.1. The second-order valence-corrected chi connectivity index (χ2v) is 19.2. The number of para-hydroxylation sites is 1. The highest BCUT2D eigenvalue weighted by molar-refractivity contribution is 5.99. The Balaban J connectivity index is 1.19. The van der Waals surface area contributed by atoms with E-state index in [4.69, 9.17) is 20.9 Å². The summed E-state index contributed by atoms with van der Waals surface area (Å²) in [5, 5.41) is 17.9. The monoisotopic (exact) mass is 1050 g/mol. The number of benzene rings is 5. The molecule has 0 bridgehead atoms. The standard InChI is InChI=1S/C58H66N10O9/c59-27-13-12-22-46-52(69)64-47(30-38-23-25-42(26-24-38)76-36-39-16-6-2-7-17-39)53(70)66-49(31-37-14-4-1-5-15-37)57(74)68-35-43(77-58(75)61-29-28-60)33-50(68)55(72)67-51(40-18-8-3-9-19-40)56(73)65-48(54(71)63-46)32-41-34-62-45-21-11-10-20-44(41)45/h1-11,14-21,23-26,34,43,46-51,62H,12-13,22,27-33,35-36,59-60H2,(H,61,75)(H,63,71)(H,64,69)(H,65,73)(H,66,70)(H,67,72)/t43-,46?,47?,48-,49?,50?,51+/m1/s1. The van der Waals surface area contributed by atoms with Crippen LogP contribution in [-0.2, 0) is 59.4 Å². The van der Waals surface area contributed by atoms with Gasteiger partial charge in [-0.2, -0.15) is 0 Å². The van der Waals surface area contributed by atoms with Crippen molar-refractivity contribution in [3.63, 3.8) is 0 Å². The average Bonchev–Trinajstić information content (AvgIpc) is 4.08. The first-order valence-corrected chi connectivity index (χ1v) is 26.0. The minimum absolute atomic E-state index is 0.0385. The van der Waals surface area contributed by atoms with Crippen LogP contribution in [0.15, 0.2) is 146 Å². The highest BCUT2D eigenvalue weighted by Gasteiger charge is 2.45. The number of aromatic nitrogens is 1. The number of hydrogen-bond acceptors (Lipinski definition) is 11. The average molecular weight is 1050 g/mol. The molecule has 2 aliphatic heterocycles. The van der Waals surface area contributed by atoms with Gasteiger partial charge in [0.2, 0.25) is 35.4 Å². The second-order valence-electron chi connectivity index (χ2n) is 19.2. The summed E-state index contributed by atoms with van der Waals surface area (Å²) in [6, 6.07) is 33.6. The highest BCUT2D eigenvalue weighted by atomic mass is 16.6. The van der Waals surface area contributed by atoms with Crippen LogP contribution in [0.3, 0.4) is 0 Å². The largest absolute Gasteiger partial charge is 0.489 e. The SMILES string of the molecule is NCCCCC1NC(=O)[C@@H](Cc2c[nH]c3ccccc23)NC(=O)[C@H](c2ccccc2)NC(=O)C2C[C@@H](OC(=O)NCCN)CN2C(=O)C(Cc2ccccc2)NC(=O)C(Cc2ccc(OCc3ccccc3)cc2)NC1=O. The summed E-state index contributed by atoms with van der Waals surface area (Å²) >= 11 is 0. The molecule has 0 spiro atoms. The first-order chi connectivity index (χ1) is 37.5. The van der Waals surface area contributed by atoms with Gasteiger partial charge < -0.3 is 62.7 Å². The van der Waals surface area contributed by atoms with Gasteiger partial charge in [-0.3, -0.25) is 28.8 Å². The lowest BCUT2D eigenvalue weighted by atomic mass is 9.99. The molecule has 19 nitrogen and oxygen atoms in total. The number of fused-ring (bicyclic) bond motifs is 2. The van der Waals surface area contributed by atoms with Crippen LogP contribution in [0.4, 0.5) is 4.79 Å². The number of amides is 7. The number of H-pyrrole nitrogens is 1. The predicted octanol–water partition coefficient (Wildman–Crippen LogP) is 3.37. The maximum atomic E-state index is 15.3. The molecule has 19 heteroatoms. The third-order valence-corrected chi connectivity index (χ3v) is 13.7. The zero-order valence-corrected chi connectivity index (χ0v) is 42.7. The van der Waals surface area contributed by atoms with Gasteiger partial charge in [0.25, 0.3) is 0 Å². The zero-order valence-electron chi connectivity index (χ0n) is 42.7. The number of rotatable bonds is 17. The van der Waals surface area contributed by atoms with Crippen molar-refractivity contribution in [3.8, 4) is 5.75 Å². The van der Waals surface area contributed by atoms with Gasteiger partial charge in [-0.25, -0.2) is 4.79 Å². The van der Waals surface area contributed by atoms with Gasteiger partial charge >= 0.3 is 6.09 Å². The number of unbranched alkanes of at least 4 members (excludes halogenated alkanes) is 1. The van der Waals surface area contributed by atoms with Crippen molar-refractivity contribution in [2.24, 2.45) is 11.5 Å². The summed E-state index contributed by atoms with van der Waals surface area (Å²) in [6.45, 7) is 0.617. The third-order valence-electron chi connectivity index (χ3n) is 13.7. The van der Waals surface area contributed by atoms with Crippen molar-refractivity contribution in [1.29, 1.82) is 0 Å². The van der Waals surface area contributed by atoms with Crippen LogP contribution in [0.5, 0.6) is 5.75 Å². The minimum atomic E-state index is -1.42. The van der Waals surface area contributed by atoms with E-state index in [2.05, 4.69) is 36.9 Å². The maximum Gasteiger partial charge on any atom is 0.407 e. The molecule has 0 saturated carbocycles. The fourth-order valence-corrected chi connectivity index (χ4v) is 9.65. The molecule has 1 aromatic heterocycles. The summed E-state index contributed by atoms with van der Waals surface area (Å²) < 4.78 is 11.8. The first kappa shape index (κ1) is 54.7. The third kappa shape index (κ3) is 14.9. The van der Waals surface area contributed by atoms with Crippen molar-refractivity contribution < 1.29 is 43.0 Å². The van der Waals surface area contributed by atoms with Gasteiger partial charge in [-0.1, -0.05) is 121 Å². The van der Waals surface area contributed by atoms with E-state index in [0.717, 1.165) is 16.5 Å². The van der Waals surface area contributed by atoms with Crippen LogP contribution in [0, 0.1) is 0 Å². The van der Waals surface area contributed by atoms with Crippen LogP contribution < -0.4 is 48.1 Å². The molecule has 0 radical (unpaired) electrons. The molecule has 7 amide bonds. The lowest BCUT2D eigenvalue weighted by Gasteiger charge is -2.32. The molecule has 5 aromatic carbocycles. The van der Waals surface area contributed by atoms with Gasteiger partial charge in [0.15, 0.2) is 0 Å². The summed E-state index contributed by atoms with van der Waals surface area (Å²) in [7, 11) is 0. The normalized spacial score (nSPS) is 21.6. The van der Waals surface area contributed by atoms with Crippen LogP contribution in [0.2, 0.25) is 0 Å². The van der Waals surface area contributed by atoms with Crippen LogP contribution >= 0.6 is 0 Å². The lowest BCUT2D eigenvalue weighted by Crippen LogP contribution is -2.61. The number of aromatic amines is 1. The topological polar surface area (TPSA) is 281 Å². The molecule has 11 N–H and O–H groups in total. The predicted molar refractivity (Wildman–Crippen MR) is 288 cm³/mol. The number of alkyl carbamates (subject to hydrolysis) is 1. The molecular formula is C58H66N10O9. The molecule has 4 unspecified atom stereocenters. The van der Waals surface area contributed by atoms with Gasteiger partial charge in [0.05, 0.1) is 6.54 Å². The fourth-order valence-electron chi connectivity index (χ4n) is 9.65. The van der Waals surface area contributed by atoms with E-state index in [0.29, 0.717) is 54.0 Å². The van der Waals surface area contributed by atoms with E-state index in [1.54, 1.807) is 85.1 Å². The number of carbonyl (C=O) groups is 7. The van der Waals surface area contributed by atoms with E-state index in [-0.39, 0.29) is 51.7 Å². The number of carbonyl (C=O) groups excluding carboxylic acids is 7. The summed E-state index contributed by atoms with van der Waals surface area (Å²) in [6.07, 6.45) is 0.652. The Hall–Kier alpha value is -8.55. The highest BCUT2D eigenvalue weighted by Crippen LogP contribution is 2.26. The van der Waals surface area contributed by atoms with E-state index < -0.39 is 83.9 Å². The molecule has 2 saturated heterocycles. The molecule has 3 heterocycles. The molecule has 2 fully saturated rings. The van der Waals surface area contributed by atoms with Crippen molar-refractivity contribution in [1.82, 2.24) is 41.8 Å². The quantitative estimate of drug-likeness (QED) is 0.0598. The Bertz CT molecular complexity index is 2960. The Morgan fingerprint density at radius 1 is 0.584 bits per heavy atom. The smallest absolute Gasteiger partial charge is 0.407 e. The lowest BCUT2D eigenvalue weighted by molar-refractivity contribution is -0.143. The number of nitrogens with one attached hydrogen (secondary N) is 7. The van der Waals surface area contributed by atoms with E-state index in [1.165, 1.54) is 4.90 Å². The molecule has 0 aliphatic carbocycles. The Kier molecular flexibility index (Phi) is 19.0. The Labute approximate surface area is 446 Å². The van der Waals surface area contributed by atoms with Crippen LogP contribution in [-0.4, -0.2) is 114 Å². The van der Waals surface area contributed by atoms with Gasteiger partial charge in [0, 0.05) is 55.9 Å². The molecule has 8 rings (SSSR count). The van der Waals surface area contributed by atoms with E-state index in [1.807, 2.05) is 60.7 Å². The van der Waals surface area contributed by atoms with Gasteiger partial charge in [0.1, 0.15) is 54.7 Å². The Morgan fingerprint density at radius 2 is 1.17 bits per heavy atom. The van der Waals surface area contributed by atoms with E-state index in [9.17, 15) is 24.0 Å². The molecule has 402 valence electrons. The fraction of sp³-hybridized carbons (Fsp3) is 0.328. The summed E-state index contributed by atoms with van der Waals surface area (Å²) in [4.78, 5) is 107. The van der Waals surface area contributed by atoms with E-state index >= 15 is 9.59 Å². The Morgan fingerprint density at radius 3 is 1.87 bits per heavy atom.